The molecule has 18 heavy (non-hydrogen) atoms. The number of halogens is 1. The van der Waals surface area contributed by atoms with E-state index in [1.54, 1.807) is 24.3 Å². The van der Waals surface area contributed by atoms with Gasteiger partial charge in [-0.3, -0.25) is 25.5 Å². The van der Waals surface area contributed by atoms with Crippen molar-refractivity contribution in [3.8, 4) is 0 Å². The highest BCUT2D eigenvalue weighted by atomic mass is 79.9. The van der Waals surface area contributed by atoms with Crippen molar-refractivity contribution >= 4 is 27.7 Å². The Labute approximate surface area is 111 Å². The van der Waals surface area contributed by atoms with Gasteiger partial charge in [0, 0.05) is 16.2 Å². The van der Waals surface area contributed by atoms with Crippen molar-refractivity contribution in [2.75, 3.05) is 0 Å². The zero-order chi connectivity index (χ0) is 13.0. The third kappa shape index (κ3) is 2.95. The number of hydrogen-bond donors (Lipinski definition) is 3. The molecule has 2 amide bonds. The number of carbonyl (C=O) groups excluding carboxylic acids is 2. The lowest BCUT2D eigenvalue weighted by atomic mass is 10.2. The molecule has 0 saturated carbocycles. The number of H-pyrrole nitrogens is 1. The molecule has 0 fully saturated rings. The maximum Gasteiger partial charge on any atom is 0.287 e. The summed E-state index contributed by atoms with van der Waals surface area (Å²) < 4.78 is 0.876. The van der Waals surface area contributed by atoms with Crippen molar-refractivity contribution in [2.45, 2.75) is 0 Å². The number of nitrogens with one attached hydrogen (secondary N) is 3. The first-order chi connectivity index (χ1) is 8.66. The van der Waals surface area contributed by atoms with Crippen LogP contribution in [-0.2, 0) is 0 Å². The fourth-order valence-electron chi connectivity index (χ4n) is 1.24. The van der Waals surface area contributed by atoms with Gasteiger partial charge in [0.2, 0.25) is 0 Å². The molecule has 0 aliphatic carbocycles. The topological polar surface area (TPSA) is 86.9 Å². The van der Waals surface area contributed by atoms with E-state index in [1.807, 2.05) is 0 Å². The van der Waals surface area contributed by atoms with Crippen LogP contribution in [0, 0.1) is 0 Å². The molecule has 0 radical (unpaired) electrons. The monoisotopic (exact) mass is 308 g/mol. The summed E-state index contributed by atoms with van der Waals surface area (Å²) in [6.07, 6.45) is 1.45. The fourth-order valence-corrected chi connectivity index (χ4v) is 1.50. The number of amides is 2. The first kappa shape index (κ1) is 12.3. The smallest absolute Gasteiger partial charge is 0.273 e. The molecule has 0 spiro atoms. The van der Waals surface area contributed by atoms with Gasteiger partial charge in [-0.25, -0.2) is 0 Å². The van der Waals surface area contributed by atoms with E-state index in [4.69, 9.17) is 0 Å². The number of carbonyl (C=O) groups is 2. The molecule has 7 heteroatoms. The lowest BCUT2D eigenvalue weighted by molar-refractivity contribution is 0.0844. The normalized spacial score (nSPS) is 9.83. The van der Waals surface area contributed by atoms with Crippen LogP contribution < -0.4 is 10.9 Å². The van der Waals surface area contributed by atoms with Crippen LogP contribution in [0.15, 0.2) is 41.0 Å². The summed E-state index contributed by atoms with van der Waals surface area (Å²) in [6.45, 7) is 0. The molecule has 0 bridgehead atoms. The van der Waals surface area contributed by atoms with Gasteiger partial charge in [-0.05, 0) is 30.3 Å². The molecule has 0 atom stereocenters. The van der Waals surface area contributed by atoms with Gasteiger partial charge in [0.05, 0.1) is 0 Å². The highest BCUT2D eigenvalue weighted by Crippen LogP contribution is 2.10. The van der Waals surface area contributed by atoms with Crippen molar-refractivity contribution in [3.63, 3.8) is 0 Å². The van der Waals surface area contributed by atoms with Crippen LogP contribution in [0.3, 0.4) is 0 Å². The first-order valence-electron chi connectivity index (χ1n) is 5.02. The zero-order valence-corrected chi connectivity index (χ0v) is 10.7. The van der Waals surface area contributed by atoms with Crippen LogP contribution in [0.25, 0.3) is 0 Å². The summed E-state index contributed by atoms with van der Waals surface area (Å²) in [5, 5.41) is 6.12. The molecule has 3 N–H and O–H groups in total. The van der Waals surface area contributed by atoms with Gasteiger partial charge >= 0.3 is 0 Å². The number of aromatic amines is 1. The van der Waals surface area contributed by atoms with Crippen molar-refractivity contribution in [2.24, 2.45) is 0 Å². The van der Waals surface area contributed by atoms with Gasteiger partial charge < -0.3 is 0 Å². The molecule has 6 nitrogen and oxygen atoms in total. The summed E-state index contributed by atoms with van der Waals surface area (Å²) in [7, 11) is 0. The third-order valence-corrected chi connectivity index (χ3v) is 2.67. The molecule has 0 unspecified atom stereocenters. The van der Waals surface area contributed by atoms with Crippen LogP contribution in [0.4, 0.5) is 0 Å². The molecule has 0 saturated heterocycles. The highest BCUT2D eigenvalue weighted by molar-refractivity contribution is 9.10. The second-order valence-corrected chi connectivity index (χ2v) is 4.30. The van der Waals surface area contributed by atoms with E-state index < -0.39 is 11.8 Å². The van der Waals surface area contributed by atoms with E-state index in [9.17, 15) is 9.59 Å². The van der Waals surface area contributed by atoms with E-state index in [1.165, 1.54) is 12.3 Å². The number of hydrazine groups is 1. The van der Waals surface area contributed by atoms with E-state index in [2.05, 4.69) is 37.0 Å². The number of rotatable bonds is 2. The molecule has 1 aromatic heterocycles. The Balaban J connectivity index is 1.92. The minimum absolute atomic E-state index is 0.270. The Kier molecular flexibility index (Phi) is 3.73. The predicted molar refractivity (Wildman–Crippen MR) is 67.7 cm³/mol. The van der Waals surface area contributed by atoms with E-state index in [0.29, 0.717) is 5.56 Å². The molecule has 0 aliphatic rings. The minimum Gasteiger partial charge on any atom is -0.273 e. The number of aromatic nitrogens is 2. The van der Waals surface area contributed by atoms with Gasteiger partial charge in [-0.2, -0.15) is 5.10 Å². The second-order valence-electron chi connectivity index (χ2n) is 3.39. The number of hydrogen-bond acceptors (Lipinski definition) is 3. The Morgan fingerprint density at radius 2 is 1.72 bits per heavy atom. The van der Waals surface area contributed by atoms with Crippen molar-refractivity contribution in [1.82, 2.24) is 21.0 Å². The largest absolute Gasteiger partial charge is 0.287 e. The summed E-state index contributed by atoms with van der Waals surface area (Å²) >= 11 is 3.27. The average molecular weight is 309 g/mol. The van der Waals surface area contributed by atoms with Crippen molar-refractivity contribution in [3.05, 3.63) is 52.3 Å². The third-order valence-electron chi connectivity index (χ3n) is 2.14. The van der Waals surface area contributed by atoms with Crippen LogP contribution in [-0.4, -0.2) is 22.0 Å². The second kappa shape index (κ2) is 5.46. The molecule has 2 rings (SSSR count). The molecule has 1 heterocycles. The summed E-state index contributed by atoms with van der Waals surface area (Å²) in [5.41, 5.74) is 5.30. The van der Waals surface area contributed by atoms with Crippen molar-refractivity contribution < 1.29 is 9.59 Å². The van der Waals surface area contributed by atoms with Gasteiger partial charge in [0.25, 0.3) is 11.8 Å². The van der Waals surface area contributed by atoms with E-state index in [-0.39, 0.29) is 5.69 Å². The Bertz CT molecular complexity index is 551. The summed E-state index contributed by atoms with van der Waals surface area (Å²) in [6, 6.07) is 8.27. The standard InChI is InChI=1S/C11H9BrN4O2/c12-8-3-1-7(2-4-8)10(17)15-16-11(18)9-5-6-13-14-9/h1-6H,(H,13,14)(H,15,17)(H,16,18). The van der Waals surface area contributed by atoms with E-state index in [0.717, 1.165) is 4.47 Å². The Hall–Kier alpha value is -2.15. The average Bonchev–Trinajstić information content (AvgIpc) is 2.90. The van der Waals surface area contributed by atoms with Crippen LogP contribution in [0.2, 0.25) is 0 Å². The molecular weight excluding hydrogens is 300 g/mol. The summed E-state index contributed by atoms with van der Waals surface area (Å²) in [4.78, 5) is 23.2. The highest BCUT2D eigenvalue weighted by Gasteiger charge is 2.09. The van der Waals surface area contributed by atoms with Crippen LogP contribution in [0.1, 0.15) is 20.8 Å². The molecule has 92 valence electrons. The Morgan fingerprint density at radius 3 is 2.33 bits per heavy atom. The number of benzene rings is 1. The molecular formula is C11H9BrN4O2. The first-order valence-corrected chi connectivity index (χ1v) is 5.82. The Morgan fingerprint density at radius 1 is 1.06 bits per heavy atom. The predicted octanol–water partition coefficient (Wildman–Crippen LogP) is 1.25. The zero-order valence-electron chi connectivity index (χ0n) is 9.11. The van der Waals surface area contributed by atoms with Gasteiger partial charge in [0.15, 0.2) is 0 Å². The molecule has 1 aromatic carbocycles. The summed E-state index contributed by atoms with van der Waals surface area (Å²) in [5.74, 6) is -0.853. The van der Waals surface area contributed by atoms with E-state index >= 15 is 0 Å². The van der Waals surface area contributed by atoms with Gasteiger partial charge in [-0.1, -0.05) is 15.9 Å². The van der Waals surface area contributed by atoms with Crippen LogP contribution in [0.5, 0.6) is 0 Å². The molecule has 0 aliphatic heterocycles. The lowest BCUT2D eigenvalue weighted by Gasteiger charge is -2.06. The molecule has 2 aromatic rings. The maximum absolute atomic E-state index is 11.7. The van der Waals surface area contributed by atoms with Crippen molar-refractivity contribution in [1.29, 1.82) is 0 Å². The van der Waals surface area contributed by atoms with Gasteiger partial charge in [-0.15, -0.1) is 0 Å². The maximum atomic E-state index is 11.7. The number of nitrogens with zero attached hydrogens (tertiary/aromatic N) is 1. The minimum atomic E-state index is -0.460. The fraction of sp³-hybridized carbons (Fsp3) is 0. The quantitative estimate of drug-likeness (QED) is 0.730. The van der Waals surface area contributed by atoms with Crippen LogP contribution >= 0.6 is 15.9 Å². The lowest BCUT2D eigenvalue weighted by Crippen LogP contribution is -2.41. The van der Waals surface area contributed by atoms with Gasteiger partial charge in [0.1, 0.15) is 5.69 Å². The SMILES string of the molecule is O=C(NNC(=O)c1ccn[nH]1)c1ccc(Br)cc1.